The van der Waals surface area contributed by atoms with Gasteiger partial charge in [-0.2, -0.15) is 0 Å². The molecule has 0 spiro atoms. The van der Waals surface area contributed by atoms with Gasteiger partial charge in [0, 0.05) is 10.0 Å². The maximum absolute atomic E-state index is 13.4. The minimum Gasteiger partial charge on any atom is -0.489 e. The second-order valence-electron chi connectivity index (χ2n) is 3.95. The van der Waals surface area contributed by atoms with E-state index in [-0.39, 0.29) is 23.5 Å². The molecule has 6 heteroatoms. The molecule has 2 rings (SSSR count). The smallest absolute Gasteiger partial charge is 0.336 e. The lowest BCUT2D eigenvalue weighted by atomic mass is 10.2. The van der Waals surface area contributed by atoms with E-state index in [9.17, 15) is 13.6 Å². The van der Waals surface area contributed by atoms with Crippen molar-refractivity contribution < 1.29 is 23.4 Å². The summed E-state index contributed by atoms with van der Waals surface area (Å²) in [6.07, 6.45) is 0. The van der Waals surface area contributed by atoms with Gasteiger partial charge in [0.15, 0.2) is 11.6 Å². The highest BCUT2D eigenvalue weighted by Crippen LogP contribution is 2.23. The van der Waals surface area contributed by atoms with Gasteiger partial charge >= 0.3 is 5.97 Å². The second-order valence-corrected chi connectivity index (χ2v) is 4.80. The van der Waals surface area contributed by atoms with Crippen molar-refractivity contribution in [2.75, 3.05) is 0 Å². The number of benzene rings is 2. The Morgan fingerprint density at radius 2 is 2.00 bits per heavy atom. The van der Waals surface area contributed by atoms with Crippen LogP contribution in [0.4, 0.5) is 8.78 Å². The normalized spacial score (nSPS) is 10.3. The number of carboxylic acids is 1. The summed E-state index contributed by atoms with van der Waals surface area (Å²) in [7, 11) is 0. The molecular weight excluding hydrogens is 334 g/mol. The lowest BCUT2D eigenvalue weighted by Crippen LogP contribution is -2.02. The first-order valence-corrected chi connectivity index (χ1v) is 6.37. The Morgan fingerprint density at radius 1 is 1.25 bits per heavy atom. The molecule has 0 fully saturated rings. The summed E-state index contributed by atoms with van der Waals surface area (Å²) in [5.41, 5.74) is 0.0898. The highest BCUT2D eigenvalue weighted by atomic mass is 79.9. The van der Waals surface area contributed by atoms with Crippen LogP contribution in [0.1, 0.15) is 15.9 Å². The first kappa shape index (κ1) is 14.5. The lowest BCUT2D eigenvalue weighted by Gasteiger charge is -2.09. The van der Waals surface area contributed by atoms with Gasteiger partial charge in [-0.15, -0.1) is 0 Å². The van der Waals surface area contributed by atoms with Crippen molar-refractivity contribution in [1.82, 2.24) is 0 Å². The van der Waals surface area contributed by atoms with Gasteiger partial charge in [0.25, 0.3) is 0 Å². The third kappa shape index (κ3) is 3.14. The van der Waals surface area contributed by atoms with Crippen LogP contribution >= 0.6 is 15.9 Å². The fourth-order valence-electron chi connectivity index (χ4n) is 1.58. The molecule has 0 aliphatic rings. The van der Waals surface area contributed by atoms with Gasteiger partial charge in [-0.1, -0.05) is 12.1 Å². The second kappa shape index (κ2) is 6.00. The number of hydrogen-bond donors (Lipinski definition) is 1. The van der Waals surface area contributed by atoms with Crippen LogP contribution in [0.2, 0.25) is 0 Å². The van der Waals surface area contributed by atoms with Crippen molar-refractivity contribution in [3.63, 3.8) is 0 Å². The summed E-state index contributed by atoms with van der Waals surface area (Å²) < 4.78 is 32.1. The molecular formula is C14H9BrF2O3. The van der Waals surface area contributed by atoms with Gasteiger partial charge < -0.3 is 9.84 Å². The Balaban J connectivity index is 2.17. The van der Waals surface area contributed by atoms with Gasteiger partial charge in [-0.3, -0.25) is 0 Å². The van der Waals surface area contributed by atoms with Crippen LogP contribution in [-0.2, 0) is 6.61 Å². The molecule has 0 saturated carbocycles. The van der Waals surface area contributed by atoms with E-state index in [0.29, 0.717) is 4.47 Å². The summed E-state index contributed by atoms with van der Waals surface area (Å²) in [4.78, 5) is 11.0. The SMILES string of the molecule is O=C(O)c1cc(OCc2cccc(F)c2F)ccc1Br. The molecule has 1 N–H and O–H groups in total. The Kier molecular flexibility index (Phi) is 4.34. The summed E-state index contributed by atoms with van der Waals surface area (Å²) in [5, 5.41) is 8.96. The Morgan fingerprint density at radius 3 is 2.70 bits per heavy atom. The zero-order valence-corrected chi connectivity index (χ0v) is 11.7. The van der Waals surface area contributed by atoms with Gasteiger partial charge in [0.2, 0.25) is 0 Å². The number of carboxylic acid groups (broad SMARTS) is 1. The lowest BCUT2D eigenvalue weighted by molar-refractivity contribution is 0.0695. The van der Waals surface area contributed by atoms with Crippen molar-refractivity contribution in [1.29, 1.82) is 0 Å². The highest BCUT2D eigenvalue weighted by molar-refractivity contribution is 9.10. The molecule has 2 aromatic carbocycles. The van der Waals surface area contributed by atoms with E-state index in [1.807, 2.05) is 0 Å². The maximum atomic E-state index is 13.4. The van der Waals surface area contributed by atoms with Gasteiger partial charge in [-0.25, -0.2) is 13.6 Å². The first-order valence-electron chi connectivity index (χ1n) is 5.57. The van der Waals surface area contributed by atoms with Crippen molar-refractivity contribution >= 4 is 21.9 Å². The minimum absolute atomic E-state index is 0.0298. The number of aromatic carboxylic acids is 1. The van der Waals surface area contributed by atoms with Crippen LogP contribution in [0.15, 0.2) is 40.9 Å². The van der Waals surface area contributed by atoms with Crippen LogP contribution < -0.4 is 4.74 Å². The van der Waals surface area contributed by atoms with Crippen LogP contribution in [0.3, 0.4) is 0 Å². The number of carbonyl (C=O) groups is 1. The molecule has 104 valence electrons. The first-order chi connectivity index (χ1) is 9.49. The number of ether oxygens (including phenoxy) is 1. The minimum atomic E-state index is -1.11. The van der Waals surface area contributed by atoms with Gasteiger partial charge in [0.1, 0.15) is 12.4 Å². The zero-order valence-electron chi connectivity index (χ0n) is 10.1. The van der Waals surface area contributed by atoms with Crippen LogP contribution in [-0.4, -0.2) is 11.1 Å². The molecule has 2 aromatic rings. The fraction of sp³-hybridized carbons (Fsp3) is 0.0714. The molecule has 20 heavy (non-hydrogen) atoms. The predicted molar refractivity (Wildman–Crippen MR) is 71.8 cm³/mol. The van der Waals surface area contributed by atoms with E-state index >= 15 is 0 Å². The molecule has 0 atom stereocenters. The molecule has 0 aliphatic carbocycles. The molecule has 0 aliphatic heterocycles. The van der Waals surface area contributed by atoms with Gasteiger partial charge in [0.05, 0.1) is 5.56 Å². The highest BCUT2D eigenvalue weighted by Gasteiger charge is 2.11. The quantitative estimate of drug-likeness (QED) is 0.913. The number of halogens is 3. The monoisotopic (exact) mass is 342 g/mol. The molecule has 0 unspecified atom stereocenters. The molecule has 0 heterocycles. The van der Waals surface area contributed by atoms with E-state index in [1.54, 1.807) is 0 Å². The fourth-order valence-corrected chi connectivity index (χ4v) is 2.00. The van der Waals surface area contributed by atoms with E-state index in [2.05, 4.69) is 15.9 Å². The third-order valence-electron chi connectivity index (χ3n) is 2.59. The molecule has 3 nitrogen and oxygen atoms in total. The summed E-state index contributed by atoms with van der Waals surface area (Å²) in [6.45, 7) is -0.190. The topological polar surface area (TPSA) is 46.5 Å². The molecule has 0 radical (unpaired) electrons. The van der Waals surface area contributed by atoms with Crippen molar-refractivity contribution in [2.24, 2.45) is 0 Å². The summed E-state index contributed by atoms with van der Waals surface area (Å²) in [6, 6.07) is 8.15. The Bertz CT molecular complexity index is 659. The molecule has 0 amide bonds. The largest absolute Gasteiger partial charge is 0.489 e. The van der Waals surface area contributed by atoms with Gasteiger partial charge in [-0.05, 0) is 40.2 Å². The Hall–Kier alpha value is -1.95. The third-order valence-corrected chi connectivity index (χ3v) is 3.29. The van der Waals surface area contributed by atoms with Crippen LogP contribution in [0, 0.1) is 11.6 Å². The van der Waals surface area contributed by atoms with Crippen LogP contribution in [0.5, 0.6) is 5.75 Å². The van der Waals surface area contributed by atoms with E-state index in [4.69, 9.17) is 9.84 Å². The van der Waals surface area contributed by atoms with E-state index in [0.717, 1.165) is 6.07 Å². The van der Waals surface area contributed by atoms with E-state index < -0.39 is 17.6 Å². The Labute approximate surface area is 121 Å². The zero-order chi connectivity index (χ0) is 14.7. The van der Waals surface area contributed by atoms with Crippen molar-refractivity contribution in [3.05, 3.63) is 63.6 Å². The van der Waals surface area contributed by atoms with Crippen LogP contribution in [0.25, 0.3) is 0 Å². The summed E-state index contributed by atoms with van der Waals surface area (Å²) in [5.74, 6) is -2.77. The molecule has 0 saturated heterocycles. The summed E-state index contributed by atoms with van der Waals surface area (Å²) >= 11 is 3.10. The standard InChI is InChI=1S/C14H9BrF2O3/c15-11-5-4-9(6-10(11)14(18)19)20-7-8-2-1-3-12(16)13(8)17/h1-6H,7H2,(H,18,19). The van der Waals surface area contributed by atoms with Crippen molar-refractivity contribution in [3.8, 4) is 5.75 Å². The number of rotatable bonds is 4. The average Bonchev–Trinajstić information content (AvgIpc) is 2.41. The average molecular weight is 343 g/mol. The predicted octanol–water partition coefficient (Wildman–Crippen LogP) is 4.00. The number of hydrogen-bond acceptors (Lipinski definition) is 2. The van der Waals surface area contributed by atoms with E-state index in [1.165, 1.54) is 30.3 Å². The molecule has 0 bridgehead atoms. The molecule has 0 aromatic heterocycles. The maximum Gasteiger partial charge on any atom is 0.336 e. The van der Waals surface area contributed by atoms with Crippen molar-refractivity contribution in [2.45, 2.75) is 6.61 Å².